The highest BCUT2D eigenvalue weighted by Crippen LogP contribution is 2.44. The van der Waals surface area contributed by atoms with E-state index in [1.54, 1.807) is 18.2 Å². The second-order valence-corrected chi connectivity index (χ2v) is 14.3. The maximum atomic E-state index is 15.3. The number of hydrogen-bond acceptors (Lipinski definition) is 6. The van der Waals surface area contributed by atoms with Crippen molar-refractivity contribution >= 4 is 40.7 Å². The number of carboxylic acids is 1. The van der Waals surface area contributed by atoms with Crippen molar-refractivity contribution < 1.29 is 50.6 Å². The van der Waals surface area contributed by atoms with Gasteiger partial charge in [0.25, 0.3) is 11.8 Å². The summed E-state index contributed by atoms with van der Waals surface area (Å²) in [5, 5.41) is 11.3. The summed E-state index contributed by atoms with van der Waals surface area (Å²) in [7, 11) is 0. The van der Waals surface area contributed by atoms with E-state index < -0.39 is 69.9 Å². The van der Waals surface area contributed by atoms with Crippen molar-refractivity contribution in [1.29, 1.82) is 0 Å². The summed E-state index contributed by atoms with van der Waals surface area (Å²) in [6.45, 7) is 3.23. The molecule has 16 heteroatoms. The van der Waals surface area contributed by atoms with Crippen LogP contribution < -0.4 is 4.74 Å². The summed E-state index contributed by atoms with van der Waals surface area (Å²) >= 11 is 6.62. The number of carboxylic acid groups (broad SMARTS) is 1. The lowest BCUT2D eigenvalue weighted by atomic mass is 9.78. The fourth-order valence-electron chi connectivity index (χ4n) is 7.02. The van der Waals surface area contributed by atoms with Crippen LogP contribution in [0.5, 0.6) is 5.75 Å². The van der Waals surface area contributed by atoms with Crippen LogP contribution in [0.2, 0.25) is 5.02 Å². The summed E-state index contributed by atoms with van der Waals surface area (Å²) in [5.74, 6) is -4.10. The number of piperidine rings is 1. The molecule has 5 rings (SSSR count). The molecule has 2 aromatic heterocycles. The van der Waals surface area contributed by atoms with Gasteiger partial charge in [-0.3, -0.25) is 19.4 Å². The van der Waals surface area contributed by atoms with Gasteiger partial charge in [0, 0.05) is 48.2 Å². The Morgan fingerprint density at radius 2 is 1.84 bits per heavy atom. The van der Waals surface area contributed by atoms with Gasteiger partial charge in [0.2, 0.25) is 5.60 Å². The molecule has 2 amide bonds. The molecule has 0 bridgehead atoms. The number of nitrogens with zero attached hydrogens (tertiary/aromatic N) is 3. The number of halogens is 7. The third-order valence-electron chi connectivity index (χ3n) is 9.50. The molecule has 276 valence electrons. The lowest BCUT2D eigenvalue weighted by molar-refractivity contribution is -0.164. The van der Waals surface area contributed by atoms with Crippen molar-refractivity contribution in [3.63, 3.8) is 0 Å². The van der Waals surface area contributed by atoms with E-state index >= 15 is 4.79 Å². The standard InChI is InChI=1S/C35H36ClF6N3O5S/c1-3-4-8-27-33(50-25-17-28(51-19-25)35(40,41)42,11-6-13-44(27)30(46)29-26(34(37,38)39)7-5-12-43-29)32(49)45-18-21-9-10-23(36)15-22(21)16-24(45)14-20(2)31(47)48/h5,7,9-10,12,15,17,19-20,24,27H,3-4,6,8,11,13-14,16,18H2,1-2H3,(H,47,48)/t20?,24-,27+,33-/m0/s1. The molecule has 0 spiro atoms. The number of pyridine rings is 1. The van der Waals surface area contributed by atoms with Crippen LogP contribution in [0.15, 0.2) is 48.0 Å². The van der Waals surface area contributed by atoms with Gasteiger partial charge in [-0.15, -0.1) is 11.3 Å². The zero-order valence-electron chi connectivity index (χ0n) is 27.7. The summed E-state index contributed by atoms with van der Waals surface area (Å²) < 4.78 is 89.9. The molecular formula is C35H36ClF6N3O5S. The van der Waals surface area contributed by atoms with Crippen LogP contribution in [0.1, 0.15) is 84.4 Å². The molecule has 0 saturated carbocycles. The average Bonchev–Trinajstić information content (AvgIpc) is 3.55. The van der Waals surface area contributed by atoms with Crippen LogP contribution >= 0.6 is 22.9 Å². The predicted molar refractivity (Wildman–Crippen MR) is 176 cm³/mol. The first kappa shape index (κ1) is 38.4. The Morgan fingerprint density at radius 1 is 1.10 bits per heavy atom. The average molecular weight is 760 g/mol. The highest BCUT2D eigenvalue weighted by molar-refractivity contribution is 7.10. The number of hydrogen-bond donors (Lipinski definition) is 1. The molecule has 8 nitrogen and oxygen atoms in total. The smallest absolute Gasteiger partial charge is 0.425 e. The maximum Gasteiger partial charge on any atom is 0.425 e. The van der Waals surface area contributed by atoms with Crippen molar-refractivity contribution in [3.05, 3.63) is 80.3 Å². The molecule has 3 aromatic rings. The number of fused-ring (bicyclic) bond motifs is 1. The number of thiophene rings is 1. The molecule has 2 aliphatic rings. The monoisotopic (exact) mass is 759 g/mol. The molecule has 1 unspecified atom stereocenters. The molecule has 4 atom stereocenters. The SMILES string of the molecule is CCCC[C@H]1N(C(=O)c2ncccc2C(F)(F)F)CCC[C@@]1(Oc1csc(C(F)(F)F)c1)C(=O)N1Cc2ccc(Cl)cc2C[C@@H]1CC(C)C(=O)O. The Balaban J connectivity index is 1.67. The Bertz CT molecular complexity index is 1770. The number of aromatic nitrogens is 1. The number of alkyl halides is 6. The zero-order chi connectivity index (χ0) is 37.3. The third kappa shape index (κ3) is 8.14. The van der Waals surface area contributed by atoms with Crippen LogP contribution in [0.25, 0.3) is 0 Å². The number of carbonyl (C=O) groups is 3. The lowest BCUT2D eigenvalue weighted by Crippen LogP contribution is -2.69. The molecule has 1 saturated heterocycles. The van der Waals surface area contributed by atoms with Crippen LogP contribution in [0.4, 0.5) is 26.3 Å². The molecule has 0 radical (unpaired) electrons. The van der Waals surface area contributed by atoms with Crippen molar-refractivity contribution in [1.82, 2.24) is 14.8 Å². The minimum Gasteiger partial charge on any atom is -0.481 e. The first-order valence-corrected chi connectivity index (χ1v) is 17.7. The molecule has 1 N–H and O–H groups in total. The Labute approximate surface area is 299 Å². The van der Waals surface area contributed by atoms with Crippen LogP contribution in [-0.2, 0) is 34.9 Å². The largest absolute Gasteiger partial charge is 0.481 e. The van der Waals surface area contributed by atoms with Crippen LogP contribution in [-0.4, -0.2) is 61.9 Å². The predicted octanol–water partition coefficient (Wildman–Crippen LogP) is 8.51. The van der Waals surface area contributed by atoms with E-state index in [1.807, 2.05) is 6.92 Å². The summed E-state index contributed by atoms with van der Waals surface area (Å²) in [6, 6.07) is 5.67. The van der Waals surface area contributed by atoms with E-state index in [0.717, 1.165) is 40.2 Å². The van der Waals surface area contributed by atoms with E-state index in [1.165, 1.54) is 11.8 Å². The van der Waals surface area contributed by atoms with E-state index in [9.17, 15) is 41.0 Å². The minimum absolute atomic E-state index is 0.00489. The summed E-state index contributed by atoms with van der Waals surface area (Å²) in [6.07, 6.45) is -7.41. The summed E-state index contributed by atoms with van der Waals surface area (Å²) in [5.41, 5.74) is -2.71. The molecular weight excluding hydrogens is 724 g/mol. The molecule has 1 fully saturated rings. The van der Waals surface area contributed by atoms with E-state index in [0.29, 0.717) is 34.8 Å². The molecule has 1 aromatic carbocycles. The van der Waals surface area contributed by atoms with Gasteiger partial charge in [0.05, 0.1) is 17.5 Å². The normalized spacial score (nSPS) is 21.6. The molecule has 51 heavy (non-hydrogen) atoms. The van der Waals surface area contributed by atoms with Gasteiger partial charge < -0.3 is 19.6 Å². The molecule has 0 aliphatic carbocycles. The number of rotatable bonds is 10. The van der Waals surface area contributed by atoms with Gasteiger partial charge in [-0.05, 0) is 61.1 Å². The van der Waals surface area contributed by atoms with E-state index in [2.05, 4.69) is 4.98 Å². The number of benzene rings is 1. The first-order chi connectivity index (χ1) is 24.0. The number of carbonyl (C=O) groups excluding carboxylic acids is 2. The van der Waals surface area contributed by atoms with Gasteiger partial charge in [0.15, 0.2) is 0 Å². The third-order valence-corrected chi connectivity index (χ3v) is 10.7. The number of ether oxygens (including phenoxy) is 1. The Kier molecular flexibility index (Phi) is 11.3. The van der Waals surface area contributed by atoms with Crippen LogP contribution in [0.3, 0.4) is 0 Å². The Hall–Kier alpha value is -3.85. The maximum absolute atomic E-state index is 15.3. The van der Waals surface area contributed by atoms with Crippen molar-refractivity contribution in [2.45, 2.75) is 95.4 Å². The fraction of sp³-hybridized carbons (Fsp3) is 0.486. The quantitative estimate of drug-likeness (QED) is 0.208. The number of aliphatic carboxylic acids is 1. The van der Waals surface area contributed by atoms with Gasteiger partial charge in [-0.2, -0.15) is 26.3 Å². The first-order valence-electron chi connectivity index (χ1n) is 16.4. The van der Waals surface area contributed by atoms with E-state index in [4.69, 9.17) is 16.3 Å². The fourth-order valence-corrected chi connectivity index (χ4v) is 7.89. The number of likely N-dealkylation sites (tertiary alicyclic amines) is 1. The van der Waals surface area contributed by atoms with Crippen molar-refractivity contribution in [3.8, 4) is 5.75 Å². The topological polar surface area (TPSA) is 100 Å². The highest BCUT2D eigenvalue weighted by Gasteiger charge is 2.57. The zero-order valence-corrected chi connectivity index (χ0v) is 29.3. The summed E-state index contributed by atoms with van der Waals surface area (Å²) in [4.78, 5) is 46.8. The number of unbranched alkanes of at least 4 members (excludes halogenated alkanes) is 1. The highest BCUT2D eigenvalue weighted by atomic mass is 35.5. The Morgan fingerprint density at radius 3 is 2.49 bits per heavy atom. The van der Waals surface area contributed by atoms with Crippen molar-refractivity contribution in [2.75, 3.05) is 6.54 Å². The van der Waals surface area contributed by atoms with Gasteiger partial charge >= 0.3 is 18.3 Å². The van der Waals surface area contributed by atoms with Gasteiger partial charge in [0.1, 0.15) is 16.3 Å². The van der Waals surface area contributed by atoms with Crippen LogP contribution in [0, 0.1) is 5.92 Å². The molecule has 4 heterocycles. The number of amides is 2. The minimum atomic E-state index is -4.93. The lowest BCUT2D eigenvalue weighted by Gasteiger charge is -2.51. The molecule has 2 aliphatic heterocycles. The second-order valence-electron chi connectivity index (χ2n) is 13.0. The van der Waals surface area contributed by atoms with Gasteiger partial charge in [-0.25, -0.2) is 0 Å². The second kappa shape index (κ2) is 15.0. The van der Waals surface area contributed by atoms with Crippen molar-refractivity contribution in [2.24, 2.45) is 5.92 Å². The van der Waals surface area contributed by atoms with Gasteiger partial charge in [-0.1, -0.05) is 44.4 Å². The van der Waals surface area contributed by atoms with E-state index in [-0.39, 0.29) is 50.9 Å².